The number of nitrogens with zero attached hydrogens (tertiary/aromatic N) is 1. The second kappa shape index (κ2) is 11.0. The van der Waals surface area contributed by atoms with Gasteiger partial charge < -0.3 is 10.1 Å². The van der Waals surface area contributed by atoms with Gasteiger partial charge >= 0.3 is 0 Å². The molecule has 1 atom stereocenters. The van der Waals surface area contributed by atoms with Gasteiger partial charge in [-0.15, -0.1) is 0 Å². The van der Waals surface area contributed by atoms with Crippen molar-refractivity contribution in [2.75, 3.05) is 23.7 Å². The third kappa shape index (κ3) is 6.83. The van der Waals surface area contributed by atoms with Gasteiger partial charge in [0.15, 0.2) is 0 Å². The molecule has 0 aliphatic heterocycles. The molecule has 0 radical (unpaired) electrons. The number of sulfonamides is 1. The van der Waals surface area contributed by atoms with E-state index in [1.807, 2.05) is 37.3 Å². The van der Waals surface area contributed by atoms with Gasteiger partial charge in [-0.05, 0) is 60.4 Å². The minimum absolute atomic E-state index is 0.157. The van der Waals surface area contributed by atoms with E-state index in [0.29, 0.717) is 30.2 Å². The number of hydrogen-bond acceptors (Lipinski definition) is 4. The van der Waals surface area contributed by atoms with E-state index in [-0.39, 0.29) is 18.4 Å². The number of carbonyl (C=O) groups excluding carboxylic acids is 1. The van der Waals surface area contributed by atoms with Crippen LogP contribution in [0.25, 0.3) is 0 Å². The van der Waals surface area contributed by atoms with Gasteiger partial charge in [-0.1, -0.05) is 49.4 Å². The lowest BCUT2D eigenvalue weighted by Gasteiger charge is -2.23. The molecule has 1 unspecified atom stereocenters. The van der Waals surface area contributed by atoms with Crippen molar-refractivity contribution in [1.82, 2.24) is 5.32 Å². The molecule has 0 spiro atoms. The molecule has 1 amide bonds. The van der Waals surface area contributed by atoms with Gasteiger partial charge in [0.1, 0.15) is 5.75 Å². The number of benzene rings is 3. The maximum atomic E-state index is 12.6. The summed E-state index contributed by atoms with van der Waals surface area (Å²) in [6.07, 6.45) is 1.18. The summed E-state index contributed by atoms with van der Waals surface area (Å²) in [4.78, 5) is 12.6. The van der Waals surface area contributed by atoms with Crippen LogP contribution < -0.4 is 14.4 Å². The predicted octanol–water partition coefficient (Wildman–Crippen LogP) is 4.59. The highest BCUT2D eigenvalue weighted by atomic mass is 32.2. The van der Waals surface area contributed by atoms with Crippen molar-refractivity contribution in [1.29, 1.82) is 0 Å². The Hall–Kier alpha value is -3.32. The van der Waals surface area contributed by atoms with E-state index < -0.39 is 10.0 Å². The highest BCUT2D eigenvalue weighted by Crippen LogP contribution is 2.24. The first-order chi connectivity index (χ1) is 15.8. The van der Waals surface area contributed by atoms with Crippen molar-refractivity contribution in [2.45, 2.75) is 26.3 Å². The van der Waals surface area contributed by atoms with Crippen LogP contribution in [0, 0.1) is 0 Å². The molecule has 0 aliphatic carbocycles. The molecule has 0 aliphatic rings. The normalized spacial score (nSPS) is 12.1. The first-order valence-electron chi connectivity index (χ1n) is 10.9. The summed E-state index contributed by atoms with van der Waals surface area (Å²) in [5.74, 6) is 0.731. The maximum absolute atomic E-state index is 12.6. The Morgan fingerprint density at radius 3 is 2.18 bits per heavy atom. The lowest BCUT2D eigenvalue weighted by Crippen LogP contribution is -2.29. The van der Waals surface area contributed by atoms with Crippen LogP contribution in [-0.2, 0) is 16.6 Å². The highest BCUT2D eigenvalue weighted by molar-refractivity contribution is 7.92. The summed E-state index contributed by atoms with van der Waals surface area (Å²) in [5.41, 5.74) is 3.04. The maximum Gasteiger partial charge on any atom is 0.251 e. The van der Waals surface area contributed by atoms with E-state index in [0.717, 1.165) is 5.56 Å². The second-order valence-electron chi connectivity index (χ2n) is 7.92. The summed E-state index contributed by atoms with van der Waals surface area (Å²) >= 11 is 0. The molecule has 3 rings (SSSR count). The number of carbonyl (C=O) groups is 1. The van der Waals surface area contributed by atoms with Crippen LogP contribution in [0.2, 0.25) is 0 Å². The van der Waals surface area contributed by atoms with Crippen molar-refractivity contribution >= 4 is 21.6 Å². The molecular weight excluding hydrogens is 436 g/mol. The van der Waals surface area contributed by atoms with Gasteiger partial charge in [0.05, 0.1) is 25.1 Å². The first-order valence-corrected chi connectivity index (χ1v) is 12.8. The average Bonchev–Trinajstić information content (AvgIpc) is 2.82. The fourth-order valence-corrected chi connectivity index (χ4v) is 4.34. The summed E-state index contributed by atoms with van der Waals surface area (Å²) in [7, 11) is -3.50. The molecule has 6 nitrogen and oxygen atoms in total. The predicted molar refractivity (Wildman–Crippen MR) is 132 cm³/mol. The molecule has 7 heteroatoms. The van der Waals surface area contributed by atoms with Crippen LogP contribution in [0.1, 0.15) is 41.3 Å². The summed E-state index contributed by atoms with van der Waals surface area (Å²) in [6.45, 7) is 5.20. The monoisotopic (exact) mass is 466 g/mol. The molecule has 0 heterocycles. The molecule has 3 aromatic carbocycles. The van der Waals surface area contributed by atoms with E-state index in [2.05, 4.69) is 12.2 Å². The van der Waals surface area contributed by atoms with E-state index in [1.54, 1.807) is 48.5 Å². The summed E-state index contributed by atoms with van der Waals surface area (Å²) in [5, 5.41) is 2.97. The number of amides is 1. The minimum Gasteiger partial charge on any atom is -0.494 e. The van der Waals surface area contributed by atoms with Crippen LogP contribution in [0.3, 0.4) is 0 Å². The zero-order chi connectivity index (χ0) is 23.8. The van der Waals surface area contributed by atoms with E-state index >= 15 is 0 Å². The van der Waals surface area contributed by atoms with Crippen molar-refractivity contribution in [3.63, 3.8) is 0 Å². The second-order valence-corrected chi connectivity index (χ2v) is 9.82. The average molecular weight is 467 g/mol. The Kier molecular flexibility index (Phi) is 8.11. The van der Waals surface area contributed by atoms with Crippen LogP contribution in [0.5, 0.6) is 5.75 Å². The molecular formula is C26H30N2O4S. The van der Waals surface area contributed by atoms with E-state index in [4.69, 9.17) is 4.74 Å². The smallest absolute Gasteiger partial charge is 0.251 e. The third-order valence-corrected chi connectivity index (χ3v) is 6.46. The standard InChI is InChI=1S/C26H30N2O4S/c1-4-32-25-16-14-24(15-17-25)28(33(3,30)31)19-21-10-12-23(13-11-21)26(29)27-18-20(2)22-8-6-5-7-9-22/h5-17,20H,4,18-19H2,1-3H3,(H,27,29). The zero-order valence-corrected chi connectivity index (χ0v) is 20.0. The van der Waals surface area contributed by atoms with Crippen LogP contribution in [0.4, 0.5) is 5.69 Å². The summed E-state index contributed by atoms with van der Waals surface area (Å²) < 4.78 is 31.6. The Morgan fingerprint density at radius 2 is 1.61 bits per heavy atom. The molecule has 0 bridgehead atoms. The molecule has 0 saturated heterocycles. The lowest BCUT2D eigenvalue weighted by atomic mass is 10.0. The largest absolute Gasteiger partial charge is 0.494 e. The van der Waals surface area contributed by atoms with Crippen molar-refractivity contribution < 1.29 is 17.9 Å². The third-order valence-electron chi connectivity index (χ3n) is 5.32. The first kappa shape index (κ1) is 24.3. The van der Waals surface area contributed by atoms with Crippen LogP contribution in [-0.4, -0.2) is 33.7 Å². The van der Waals surface area contributed by atoms with Crippen LogP contribution in [0.15, 0.2) is 78.9 Å². The number of rotatable bonds is 10. The quantitative estimate of drug-likeness (QED) is 0.474. The van der Waals surface area contributed by atoms with E-state index in [1.165, 1.54) is 16.1 Å². The van der Waals surface area contributed by atoms with Gasteiger partial charge in [0.2, 0.25) is 10.0 Å². The zero-order valence-electron chi connectivity index (χ0n) is 19.2. The fraction of sp³-hybridized carbons (Fsp3) is 0.269. The van der Waals surface area contributed by atoms with E-state index in [9.17, 15) is 13.2 Å². The molecule has 3 aromatic rings. The van der Waals surface area contributed by atoms with Gasteiger partial charge in [0, 0.05) is 12.1 Å². The van der Waals surface area contributed by atoms with Gasteiger partial charge in [-0.2, -0.15) is 0 Å². The number of ether oxygens (including phenoxy) is 1. The Balaban J connectivity index is 1.65. The number of hydrogen-bond donors (Lipinski definition) is 1. The highest BCUT2D eigenvalue weighted by Gasteiger charge is 2.18. The fourth-order valence-electron chi connectivity index (χ4n) is 3.45. The van der Waals surface area contributed by atoms with Gasteiger partial charge in [0.25, 0.3) is 5.91 Å². The lowest BCUT2D eigenvalue weighted by molar-refractivity contribution is 0.0951. The Labute approximate surface area is 196 Å². The molecule has 1 N–H and O–H groups in total. The molecule has 0 aromatic heterocycles. The molecule has 0 fully saturated rings. The molecule has 0 saturated carbocycles. The number of anilines is 1. The van der Waals surface area contributed by atoms with Crippen molar-refractivity contribution in [2.24, 2.45) is 0 Å². The number of nitrogens with one attached hydrogen (secondary N) is 1. The van der Waals surface area contributed by atoms with Gasteiger partial charge in [-0.3, -0.25) is 9.10 Å². The van der Waals surface area contributed by atoms with Crippen molar-refractivity contribution in [3.8, 4) is 5.75 Å². The Morgan fingerprint density at radius 1 is 0.970 bits per heavy atom. The van der Waals surface area contributed by atoms with Crippen molar-refractivity contribution in [3.05, 3.63) is 95.6 Å². The molecule has 174 valence electrons. The molecule has 33 heavy (non-hydrogen) atoms. The van der Waals surface area contributed by atoms with Crippen LogP contribution >= 0.6 is 0 Å². The van der Waals surface area contributed by atoms with Gasteiger partial charge in [-0.25, -0.2) is 8.42 Å². The summed E-state index contributed by atoms with van der Waals surface area (Å²) in [6, 6.07) is 24.0. The Bertz CT molecular complexity index is 1150. The SMILES string of the molecule is CCOc1ccc(N(Cc2ccc(C(=O)NCC(C)c3ccccc3)cc2)S(C)(=O)=O)cc1. The minimum atomic E-state index is -3.50. The topological polar surface area (TPSA) is 75.7 Å².